The van der Waals surface area contributed by atoms with Gasteiger partial charge in [0.05, 0.1) is 24.0 Å². The summed E-state index contributed by atoms with van der Waals surface area (Å²) in [6.45, 7) is 0. The summed E-state index contributed by atoms with van der Waals surface area (Å²) in [5, 5.41) is -0.767. The van der Waals surface area contributed by atoms with Crippen molar-refractivity contribution in [3.63, 3.8) is 0 Å². The number of methoxy groups -OCH3 is 1. The van der Waals surface area contributed by atoms with Gasteiger partial charge in [0.2, 0.25) is 0 Å². The van der Waals surface area contributed by atoms with Gasteiger partial charge < -0.3 is 4.74 Å². The summed E-state index contributed by atoms with van der Waals surface area (Å²) in [5.41, 5.74) is -0.267. The highest BCUT2D eigenvalue weighted by atomic mass is 35.5. The van der Waals surface area contributed by atoms with Gasteiger partial charge in [-0.1, -0.05) is 17.7 Å². The van der Waals surface area contributed by atoms with E-state index in [0.717, 1.165) is 17.0 Å². The molecule has 1 heterocycles. The van der Waals surface area contributed by atoms with E-state index in [1.807, 2.05) is 0 Å². The largest absolute Gasteiger partial charge is 0.495 e. The molecule has 2 aromatic carbocycles. The van der Waals surface area contributed by atoms with Crippen LogP contribution in [0.3, 0.4) is 0 Å². The number of anilines is 2. The predicted molar refractivity (Wildman–Crippen MR) is 85.2 cm³/mol. The molecule has 0 aromatic heterocycles. The third-order valence-corrected chi connectivity index (χ3v) is 4.35. The van der Waals surface area contributed by atoms with Gasteiger partial charge in [0.25, 0.3) is 5.91 Å². The quantitative estimate of drug-likeness (QED) is 0.664. The van der Waals surface area contributed by atoms with E-state index in [1.165, 1.54) is 25.3 Å². The van der Waals surface area contributed by atoms with E-state index in [-0.39, 0.29) is 11.4 Å². The van der Waals surface area contributed by atoms with Gasteiger partial charge in [-0.25, -0.2) is 0 Å². The molecule has 126 valence electrons. The molecule has 0 spiro atoms. The van der Waals surface area contributed by atoms with Gasteiger partial charge in [-0.2, -0.15) is 13.2 Å². The molecule has 0 unspecified atom stereocenters. The smallest absolute Gasteiger partial charge is 0.416 e. The summed E-state index contributed by atoms with van der Waals surface area (Å²) < 4.78 is 44.2. The van der Waals surface area contributed by atoms with Gasteiger partial charge in [-0.3, -0.25) is 9.69 Å². The lowest BCUT2D eigenvalue weighted by Crippen LogP contribution is -2.22. The summed E-state index contributed by atoms with van der Waals surface area (Å²) in [7, 11) is 1.39. The molecule has 1 aliphatic heterocycles. The first kappa shape index (κ1) is 16.9. The van der Waals surface area contributed by atoms with Crippen molar-refractivity contribution >= 4 is 40.5 Å². The number of nitrogens with zero attached hydrogens (tertiary/aromatic N) is 1. The summed E-state index contributed by atoms with van der Waals surface area (Å²) in [5.74, 6) is -0.270. The fourth-order valence-electron chi connectivity index (χ4n) is 2.58. The van der Waals surface area contributed by atoms with Crippen molar-refractivity contribution in [3.8, 4) is 5.75 Å². The minimum atomic E-state index is -4.54. The van der Waals surface area contributed by atoms with E-state index in [0.29, 0.717) is 16.3 Å². The predicted octanol–water partition coefficient (Wildman–Crippen LogP) is 5.33. The standard InChI is InChI=1S/C16H10Cl2F3NO2/c1-24-13-5-3-9(17)7-12(13)22-11-6-8(16(19,20)21)2-4-10(11)14(18)15(22)23/h2-7,14H,1H3/t14-/m0/s1. The topological polar surface area (TPSA) is 29.5 Å². The maximum Gasteiger partial charge on any atom is 0.416 e. The van der Waals surface area contributed by atoms with E-state index in [1.54, 1.807) is 6.07 Å². The van der Waals surface area contributed by atoms with Gasteiger partial charge in [0.15, 0.2) is 0 Å². The summed E-state index contributed by atoms with van der Waals surface area (Å²) in [4.78, 5) is 13.6. The van der Waals surface area contributed by atoms with Crippen LogP contribution in [0.5, 0.6) is 5.75 Å². The van der Waals surface area contributed by atoms with Crippen molar-refractivity contribution in [1.82, 2.24) is 0 Å². The Morgan fingerprint density at radius 1 is 1.12 bits per heavy atom. The third-order valence-electron chi connectivity index (χ3n) is 3.69. The molecule has 3 nitrogen and oxygen atoms in total. The Hall–Kier alpha value is -1.92. The molecule has 2 aromatic rings. The Bertz CT molecular complexity index is 823. The molecule has 0 fully saturated rings. The van der Waals surface area contributed by atoms with Crippen molar-refractivity contribution in [1.29, 1.82) is 0 Å². The van der Waals surface area contributed by atoms with Crippen molar-refractivity contribution in [2.45, 2.75) is 11.6 Å². The van der Waals surface area contributed by atoms with Crippen molar-refractivity contribution in [2.75, 3.05) is 12.0 Å². The van der Waals surface area contributed by atoms with Crippen LogP contribution in [0.2, 0.25) is 5.02 Å². The molecule has 0 N–H and O–H groups in total. The molecular weight excluding hydrogens is 366 g/mol. The van der Waals surface area contributed by atoms with Gasteiger partial charge in [-0.05, 0) is 30.3 Å². The minimum Gasteiger partial charge on any atom is -0.495 e. The molecule has 1 aliphatic rings. The minimum absolute atomic E-state index is 0.0652. The van der Waals surface area contributed by atoms with Gasteiger partial charge in [0.1, 0.15) is 11.1 Å². The number of rotatable bonds is 2. The second-order valence-electron chi connectivity index (χ2n) is 5.12. The summed E-state index contributed by atoms with van der Waals surface area (Å²) in [6, 6.07) is 7.54. The van der Waals surface area contributed by atoms with Gasteiger partial charge in [-0.15, -0.1) is 11.6 Å². The number of halogens is 5. The molecule has 24 heavy (non-hydrogen) atoms. The first-order valence-electron chi connectivity index (χ1n) is 6.76. The monoisotopic (exact) mass is 375 g/mol. The molecule has 3 rings (SSSR count). The molecule has 0 saturated heterocycles. The maximum atomic E-state index is 13.0. The first-order valence-corrected chi connectivity index (χ1v) is 7.58. The number of ether oxygens (including phenoxy) is 1. The lowest BCUT2D eigenvalue weighted by Gasteiger charge is -2.21. The molecule has 0 aliphatic carbocycles. The number of carbonyl (C=O) groups excluding carboxylic acids is 1. The highest BCUT2D eigenvalue weighted by molar-refractivity contribution is 6.37. The molecule has 1 atom stereocenters. The van der Waals surface area contributed by atoms with Crippen LogP contribution >= 0.6 is 23.2 Å². The molecular formula is C16H10Cl2F3NO2. The van der Waals surface area contributed by atoms with Crippen LogP contribution in [0.25, 0.3) is 0 Å². The number of carbonyl (C=O) groups is 1. The Kier molecular flexibility index (Phi) is 4.13. The fourth-order valence-corrected chi connectivity index (χ4v) is 3.03. The Balaban J connectivity index is 2.22. The number of hydrogen-bond acceptors (Lipinski definition) is 2. The number of alkyl halides is 4. The number of amides is 1. The molecule has 1 amide bonds. The van der Waals surface area contributed by atoms with E-state index in [2.05, 4.69) is 0 Å². The Labute approximate surface area is 145 Å². The fraction of sp³-hybridized carbons (Fsp3) is 0.188. The zero-order chi connectivity index (χ0) is 17.6. The van der Waals surface area contributed by atoms with Crippen molar-refractivity contribution in [2.24, 2.45) is 0 Å². The molecule has 0 saturated carbocycles. The van der Waals surface area contributed by atoms with E-state index >= 15 is 0 Å². The van der Waals surface area contributed by atoms with E-state index in [4.69, 9.17) is 27.9 Å². The zero-order valence-corrected chi connectivity index (χ0v) is 13.7. The SMILES string of the molecule is COc1ccc(Cl)cc1N1C(=O)[C@@H](Cl)c2ccc(C(F)(F)F)cc21. The van der Waals surface area contributed by atoms with Crippen molar-refractivity contribution < 1.29 is 22.7 Å². The molecule has 8 heteroatoms. The molecule has 0 radical (unpaired) electrons. The van der Waals surface area contributed by atoms with Crippen LogP contribution in [-0.4, -0.2) is 13.0 Å². The third kappa shape index (κ3) is 2.70. The summed E-state index contributed by atoms with van der Waals surface area (Å²) >= 11 is 12.1. The van der Waals surface area contributed by atoms with Crippen LogP contribution in [0.4, 0.5) is 24.5 Å². The van der Waals surface area contributed by atoms with Gasteiger partial charge in [0, 0.05) is 10.6 Å². The highest BCUT2D eigenvalue weighted by Crippen LogP contribution is 2.48. The van der Waals surface area contributed by atoms with Gasteiger partial charge >= 0.3 is 6.18 Å². The number of benzene rings is 2. The maximum absolute atomic E-state index is 13.0. The second kappa shape index (κ2) is 5.86. The van der Waals surface area contributed by atoms with Crippen LogP contribution in [0.1, 0.15) is 16.5 Å². The average Bonchev–Trinajstić information content (AvgIpc) is 2.77. The van der Waals surface area contributed by atoms with Crippen molar-refractivity contribution in [3.05, 3.63) is 52.5 Å². The van der Waals surface area contributed by atoms with Crippen LogP contribution in [0, 0.1) is 0 Å². The Morgan fingerprint density at radius 3 is 2.46 bits per heavy atom. The average molecular weight is 376 g/mol. The first-order chi connectivity index (χ1) is 11.2. The Morgan fingerprint density at radius 2 is 1.83 bits per heavy atom. The van der Waals surface area contributed by atoms with Crippen LogP contribution in [0.15, 0.2) is 36.4 Å². The van der Waals surface area contributed by atoms with Crippen LogP contribution < -0.4 is 9.64 Å². The summed E-state index contributed by atoms with van der Waals surface area (Å²) in [6.07, 6.45) is -4.54. The highest BCUT2D eigenvalue weighted by Gasteiger charge is 2.41. The number of fused-ring (bicyclic) bond motifs is 1. The molecule has 0 bridgehead atoms. The van der Waals surface area contributed by atoms with E-state index < -0.39 is 23.0 Å². The lowest BCUT2D eigenvalue weighted by molar-refractivity contribution is -0.137. The second-order valence-corrected chi connectivity index (χ2v) is 6.00. The van der Waals surface area contributed by atoms with Crippen LogP contribution in [-0.2, 0) is 11.0 Å². The zero-order valence-electron chi connectivity index (χ0n) is 12.2. The lowest BCUT2D eigenvalue weighted by atomic mass is 10.1. The normalized spacial score (nSPS) is 17.2. The van der Waals surface area contributed by atoms with E-state index in [9.17, 15) is 18.0 Å². The number of hydrogen-bond donors (Lipinski definition) is 0.